The van der Waals surface area contributed by atoms with Gasteiger partial charge >= 0.3 is 0 Å². The lowest BCUT2D eigenvalue weighted by molar-refractivity contribution is 0.0895. The third-order valence-corrected chi connectivity index (χ3v) is 6.48. The summed E-state index contributed by atoms with van der Waals surface area (Å²) in [6.07, 6.45) is 1.84. The van der Waals surface area contributed by atoms with Crippen LogP contribution in [0.5, 0.6) is 17.2 Å². The Morgan fingerprint density at radius 2 is 1.58 bits per heavy atom. The second-order valence-electron chi connectivity index (χ2n) is 8.17. The van der Waals surface area contributed by atoms with Crippen LogP contribution < -0.4 is 19.5 Å². The number of carbonyl (C=O) groups excluding carboxylic acids is 1. The Morgan fingerprint density at radius 1 is 0.968 bits per heavy atom. The highest BCUT2D eigenvalue weighted by Crippen LogP contribution is 2.32. The Hall–Kier alpha value is -2.73. The second-order valence-corrected chi connectivity index (χ2v) is 8.17. The number of hydrogen-bond acceptors (Lipinski definition) is 5. The van der Waals surface area contributed by atoms with Crippen LogP contribution in [0.4, 0.5) is 0 Å². The third kappa shape index (κ3) is 5.13. The van der Waals surface area contributed by atoms with E-state index in [0.717, 1.165) is 31.7 Å². The van der Waals surface area contributed by atoms with Crippen molar-refractivity contribution in [1.82, 2.24) is 10.2 Å². The average Bonchev–Trinajstić information content (AvgIpc) is 2.80. The van der Waals surface area contributed by atoms with Crippen molar-refractivity contribution in [2.75, 3.05) is 34.4 Å². The standard InChI is InChI=1S/C25H34N2O4/c1-16-17(2)24(31-6)8-7-23(16)18(3)27-11-9-20(10-12-27)26-25(28)19-13-21(29-4)15-22(14-19)30-5/h7-8,13-15,18,20H,9-12H2,1-6H3,(H,26,28). The number of piperidine rings is 1. The number of carbonyl (C=O) groups is 1. The van der Waals surface area contributed by atoms with Crippen LogP contribution in [0.25, 0.3) is 0 Å². The summed E-state index contributed by atoms with van der Waals surface area (Å²) < 4.78 is 16.0. The van der Waals surface area contributed by atoms with Gasteiger partial charge in [0.25, 0.3) is 5.91 Å². The van der Waals surface area contributed by atoms with E-state index in [2.05, 4.69) is 43.1 Å². The topological polar surface area (TPSA) is 60.0 Å². The number of amides is 1. The van der Waals surface area contributed by atoms with E-state index in [1.165, 1.54) is 16.7 Å². The fourth-order valence-electron chi connectivity index (χ4n) is 4.33. The molecule has 0 saturated carbocycles. The number of hydrogen-bond donors (Lipinski definition) is 1. The molecule has 0 aliphatic carbocycles. The van der Waals surface area contributed by atoms with Gasteiger partial charge in [-0.3, -0.25) is 9.69 Å². The van der Waals surface area contributed by atoms with Crippen molar-refractivity contribution in [1.29, 1.82) is 0 Å². The van der Waals surface area contributed by atoms with Crippen molar-refractivity contribution in [3.05, 3.63) is 52.6 Å². The van der Waals surface area contributed by atoms with Crippen LogP contribution in [0.1, 0.15) is 52.9 Å². The monoisotopic (exact) mass is 426 g/mol. The van der Waals surface area contributed by atoms with Gasteiger partial charge in [-0.2, -0.15) is 0 Å². The zero-order valence-electron chi connectivity index (χ0n) is 19.5. The molecule has 6 heteroatoms. The van der Waals surface area contributed by atoms with E-state index >= 15 is 0 Å². The molecule has 0 aromatic heterocycles. The highest BCUT2D eigenvalue weighted by Gasteiger charge is 2.26. The van der Waals surface area contributed by atoms with Crippen molar-refractivity contribution in [3.8, 4) is 17.2 Å². The lowest BCUT2D eigenvalue weighted by atomic mass is 9.94. The minimum absolute atomic E-state index is 0.0923. The van der Waals surface area contributed by atoms with Crippen molar-refractivity contribution < 1.29 is 19.0 Å². The number of ether oxygens (including phenoxy) is 3. The van der Waals surface area contributed by atoms with E-state index in [9.17, 15) is 4.79 Å². The molecule has 1 unspecified atom stereocenters. The first-order valence-electron chi connectivity index (χ1n) is 10.8. The zero-order valence-corrected chi connectivity index (χ0v) is 19.5. The Kier molecular flexibility index (Phi) is 7.44. The van der Waals surface area contributed by atoms with E-state index in [4.69, 9.17) is 14.2 Å². The second kappa shape index (κ2) is 10.1. The number of methoxy groups -OCH3 is 3. The maximum atomic E-state index is 12.8. The van der Waals surface area contributed by atoms with Crippen molar-refractivity contribution in [2.24, 2.45) is 0 Å². The minimum Gasteiger partial charge on any atom is -0.497 e. The Labute approximate surface area is 185 Å². The smallest absolute Gasteiger partial charge is 0.251 e. The van der Waals surface area contributed by atoms with Gasteiger partial charge in [-0.1, -0.05) is 6.07 Å². The van der Waals surface area contributed by atoms with E-state index < -0.39 is 0 Å². The molecule has 6 nitrogen and oxygen atoms in total. The van der Waals surface area contributed by atoms with Crippen molar-refractivity contribution in [3.63, 3.8) is 0 Å². The summed E-state index contributed by atoms with van der Waals surface area (Å²) in [6, 6.07) is 9.96. The summed E-state index contributed by atoms with van der Waals surface area (Å²) in [5, 5.41) is 3.18. The van der Waals surface area contributed by atoms with Gasteiger partial charge in [-0.05, 0) is 68.5 Å². The summed E-state index contributed by atoms with van der Waals surface area (Å²) in [5.74, 6) is 2.06. The molecule has 1 atom stereocenters. The highest BCUT2D eigenvalue weighted by atomic mass is 16.5. The van der Waals surface area contributed by atoms with Crippen LogP contribution in [-0.4, -0.2) is 51.3 Å². The number of rotatable bonds is 7. The van der Waals surface area contributed by atoms with Gasteiger partial charge in [0.1, 0.15) is 17.2 Å². The molecule has 1 aliphatic heterocycles. The number of nitrogens with zero attached hydrogens (tertiary/aromatic N) is 1. The molecule has 168 valence electrons. The molecule has 31 heavy (non-hydrogen) atoms. The normalized spacial score (nSPS) is 15.9. The summed E-state index contributed by atoms with van der Waals surface area (Å²) in [5.41, 5.74) is 4.37. The first-order chi connectivity index (χ1) is 14.9. The van der Waals surface area contributed by atoms with E-state index in [0.29, 0.717) is 23.1 Å². The largest absolute Gasteiger partial charge is 0.497 e. The molecule has 1 amide bonds. The van der Waals surface area contributed by atoms with Gasteiger partial charge < -0.3 is 19.5 Å². The van der Waals surface area contributed by atoms with Gasteiger partial charge in [0, 0.05) is 36.8 Å². The molecule has 2 aromatic carbocycles. The molecule has 1 heterocycles. The van der Waals surface area contributed by atoms with Crippen molar-refractivity contribution >= 4 is 5.91 Å². The molecule has 0 bridgehead atoms. The fourth-order valence-corrected chi connectivity index (χ4v) is 4.33. The van der Waals surface area contributed by atoms with Crippen LogP contribution in [0.3, 0.4) is 0 Å². The zero-order chi connectivity index (χ0) is 22.5. The molecular weight excluding hydrogens is 392 g/mol. The van der Waals surface area contributed by atoms with E-state index in [1.54, 1.807) is 39.5 Å². The average molecular weight is 427 g/mol. The Morgan fingerprint density at radius 3 is 2.13 bits per heavy atom. The summed E-state index contributed by atoms with van der Waals surface area (Å²) in [4.78, 5) is 15.3. The SMILES string of the molecule is COc1cc(OC)cc(C(=O)NC2CCN(C(C)c3ccc(OC)c(C)c3C)CC2)c1. The van der Waals surface area contributed by atoms with Crippen LogP contribution >= 0.6 is 0 Å². The molecular formula is C25H34N2O4. The molecule has 1 N–H and O–H groups in total. The first kappa shape index (κ1) is 22.9. The van der Waals surface area contributed by atoms with Crippen LogP contribution in [0, 0.1) is 13.8 Å². The molecule has 1 saturated heterocycles. The predicted octanol–water partition coefficient (Wildman–Crippen LogP) is 4.28. The van der Waals surface area contributed by atoms with Gasteiger partial charge in [0.05, 0.1) is 21.3 Å². The van der Waals surface area contributed by atoms with Crippen molar-refractivity contribution in [2.45, 2.75) is 45.7 Å². The maximum absolute atomic E-state index is 12.8. The number of benzene rings is 2. The van der Waals surface area contributed by atoms with Crippen LogP contribution in [0.15, 0.2) is 30.3 Å². The van der Waals surface area contributed by atoms with E-state index in [-0.39, 0.29) is 11.9 Å². The summed E-state index contributed by atoms with van der Waals surface area (Å²) in [7, 11) is 4.88. The van der Waals surface area contributed by atoms with Crippen LogP contribution in [-0.2, 0) is 0 Å². The summed E-state index contributed by atoms with van der Waals surface area (Å²) >= 11 is 0. The lowest BCUT2D eigenvalue weighted by Crippen LogP contribution is -2.45. The van der Waals surface area contributed by atoms with Gasteiger partial charge in [0.2, 0.25) is 0 Å². The van der Waals surface area contributed by atoms with E-state index in [1.807, 2.05) is 0 Å². The van der Waals surface area contributed by atoms with Gasteiger partial charge in [-0.25, -0.2) is 0 Å². The number of likely N-dealkylation sites (tertiary alicyclic amines) is 1. The summed E-state index contributed by atoms with van der Waals surface area (Å²) in [6.45, 7) is 8.42. The highest BCUT2D eigenvalue weighted by molar-refractivity contribution is 5.95. The molecule has 1 aliphatic rings. The quantitative estimate of drug-likeness (QED) is 0.716. The Bertz CT molecular complexity index is 898. The van der Waals surface area contributed by atoms with Gasteiger partial charge in [-0.15, -0.1) is 0 Å². The fraction of sp³-hybridized carbons (Fsp3) is 0.480. The minimum atomic E-state index is -0.0923. The maximum Gasteiger partial charge on any atom is 0.251 e. The molecule has 3 rings (SSSR count). The molecule has 0 radical (unpaired) electrons. The van der Waals surface area contributed by atoms with Crippen LogP contribution in [0.2, 0.25) is 0 Å². The molecule has 1 fully saturated rings. The molecule has 2 aromatic rings. The third-order valence-electron chi connectivity index (χ3n) is 6.48. The first-order valence-corrected chi connectivity index (χ1v) is 10.8. The number of nitrogens with one attached hydrogen (secondary N) is 1. The molecule has 0 spiro atoms. The lowest BCUT2D eigenvalue weighted by Gasteiger charge is -2.37. The predicted molar refractivity (Wildman–Crippen MR) is 122 cm³/mol. The van der Waals surface area contributed by atoms with Gasteiger partial charge in [0.15, 0.2) is 0 Å². The Balaban J connectivity index is 1.61.